The van der Waals surface area contributed by atoms with Crippen LogP contribution in [0.5, 0.6) is 11.6 Å². The Morgan fingerprint density at radius 2 is 1.96 bits per heavy atom. The molecule has 6 heteroatoms. The Kier molecular flexibility index (Phi) is 4.72. The van der Waals surface area contributed by atoms with Crippen molar-refractivity contribution in [2.75, 3.05) is 5.32 Å². The van der Waals surface area contributed by atoms with Gasteiger partial charge in [0.2, 0.25) is 5.88 Å². The molecule has 3 rings (SSSR count). The average molecular weight is 340 g/mol. The van der Waals surface area contributed by atoms with Crippen molar-refractivity contribution in [3.05, 3.63) is 77.1 Å². The van der Waals surface area contributed by atoms with E-state index in [0.717, 1.165) is 5.69 Å². The predicted molar refractivity (Wildman–Crippen MR) is 92.7 cm³/mol. The Bertz CT molecular complexity index is 866. The molecular weight excluding hydrogens is 326 g/mol. The van der Waals surface area contributed by atoms with Crippen molar-refractivity contribution in [3.8, 4) is 11.6 Å². The van der Waals surface area contributed by atoms with E-state index in [9.17, 15) is 4.79 Å². The number of carbonyl (C=O) groups is 1. The Morgan fingerprint density at radius 3 is 2.71 bits per heavy atom. The number of hydrogen-bond acceptors (Lipinski definition) is 4. The highest BCUT2D eigenvalue weighted by Crippen LogP contribution is 2.20. The first-order valence-corrected chi connectivity index (χ1v) is 7.62. The minimum atomic E-state index is -0.292. The molecule has 0 aliphatic carbocycles. The summed E-state index contributed by atoms with van der Waals surface area (Å²) in [6.07, 6.45) is 1.62. The zero-order valence-corrected chi connectivity index (χ0v) is 13.6. The van der Waals surface area contributed by atoms with Gasteiger partial charge in [-0.15, -0.1) is 0 Å². The molecule has 0 radical (unpaired) electrons. The molecular formula is C18H14ClN3O2. The Morgan fingerprint density at radius 1 is 1.12 bits per heavy atom. The third-order valence-corrected chi connectivity index (χ3v) is 3.39. The van der Waals surface area contributed by atoms with E-state index in [1.807, 2.05) is 13.0 Å². The number of halogens is 1. The number of amides is 1. The molecule has 5 nitrogen and oxygen atoms in total. The van der Waals surface area contributed by atoms with Crippen molar-refractivity contribution in [2.24, 2.45) is 0 Å². The van der Waals surface area contributed by atoms with Crippen molar-refractivity contribution >= 4 is 23.3 Å². The van der Waals surface area contributed by atoms with Crippen LogP contribution in [0.1, 0.15) is 16.1 Å². The molecule has 1 amide bonds. The number of rotatable bonds is 4. The smallest absolute Gasteiger partial charge is 0.256 e. The maximum atomic E-state index is 12.2. The second-order valence-corrected chi connectivity index (χ2v) is 5.50. The summed E-state index contributed by atoms with van der Waals surface area (Å²) in [6.45, 7) is 1.90. The summed E-state index contributed by atoms with van der Waals surface area (Å²) >= 11 is 5.90. The molecule has 0 saturated carbocycles. The number of nitrogens with one attached hydrogen (secondary N) is 1. The lowest BCUT2D eigenvalue weighted by molar-refractivity contribution is 0.102. The van der Waals surface area contributed by atoms with Gasteiger partial charge in [0, 0.05) is 22.3 Å². The highest BCUT2D eigenvalue weighted by Gasteiger charge is 2.08. The van der Waals surface area contributed by atoms with Crippen LogP contribution in [0.15, 0.2) is 60.8 Å². The van der Waals surface area contributed by atoms with Crippen molar-refractivity contribution in [1.29, 1.82) is 0 Å². The number of hydrogen-bond donors (Lipinski definition) is 1. The minimum Gasteiger partial charge on any atom is -0.437 e. The van der Waals surface area contributed by atoms with E-state index in [1.165, 1.54) is 0 Å². The van der Waals surface area contributed by atoms with Crippen molar-refractivity contribution in [3.63, 3.8) is 0 Å². The molecule has 0 atom stereocenters. The van der Waals surface area contributed by atoms with Crippen LogP contribution in [0, 0.1) is 6.92 Å². The van der Waals surface area contributed by atoms with Gasteiger partial charge in [-0.1, -0.05) is 23.7 Å². The van der Waals surface area contributed by atoms with E-state index in [2.05, 4.69) is 15.3 Å². The third-order valence-electron chi connectivity index (χ3n) is 3.16. The number of nitrogens with zero attached hydrogens (tertiary/aromatic N) is 2. The maximum absolute atomic E-state index is 12.2. The Balaban J connectivity index is 1.73. The summed E-state index contributed by atoms with van der Waals surface area (Å²) in [5, 5.41) is 3.22. The van der Waals surface area contributed by atoms with Crippen LogP contribution < -0.4 is 10.1 Å². The summed E-state index contributed by atoms with van der Waals surface area (Å²) in [7, 11) is 0. The molecule has 0 spiro atoms. The molecule has 24 heavy (non-hydrogen) atoms. The number of anilines is 1. The lowest BCUT2D eigenvalue weighted by Crippen LogP contribution is -2.12. The van der Waals surface area contributed by atoms with Crippen LogP contribution >= 0.6 is 11.6 Å². The zero-order chi connectivity index (χ0) is 16.9. The summed E-state index contributed by atoms with van der Waals surface area (Å²) in [4.78, 5) is 20.6. The van der Waals surface area contributed by atoms with Crippen LogP contribution in [-0.2, 0) is 0 Å². The van der Waals surface area contributed by atoms with Gasteiger partial charge in [-0.25, -0.2) is 0 Å². The Hall–Kier alpha value is -2.92. The predicted octanol–water partition coefficient (Wildman–Crippen LogP) is 4.48. The number of pyridine rings is 2. The molecule has 0 aliphatic rings. The van der Waals surface area contributed by atoms with Crippen LogP contribution in [0.2, 0.25) is 5.02 Å². The largest absolute Gasteiger partial charge is 0.437 e. The molecule has 120 valence electrons. The summed E-state index contributed by atoms with van der Waals surface area (Å²) in [5.41, 5.74) is 1.36. The summed E-state index contributed by atoms with van der Waals surface area (Å²) in [6, 6.07) is 15.5. The molecule has 2 aromatic heterocycles. The minimum absolute atomic E-state index is 0.292. The molecule has 2 heterocycles. The average Bonchev–Trinajstić information content (AvgIpc) is 2.57. The van der Waals surface area contributed by atoms with E-state index in [0.29, 0.717) is 28.0 Å². The van der Waals surface area contributed by atoms with Crippen LogP contribution in [0.3, 0.4) is 0 Å². The van der Waals surface area contributed by atoms with Crippen LogP contribution in [0.25, 0.3) is 0 Å². The number of aryl methyl sites for hydroxylation is 1. The van der Waals surface area contributed by atoms with Gasteiger partial charge in [0.1, 0.15) is 11.6 Å². The van der Waals surface area contributed by atoms with Crippen LogP contribution in [0.4, 0.5) is 5.82 Å². The monoisotopic (exact) mass is 339 g/mol. The first-order chi connectivity index (χ1) is 11.6. The van der Waals surface area contributed by atoms with E-state index in [1.54, 1.807) is 54.7 Å². The number of carbonyl (C=O) groups excluding carboxylic acids is 1. The molecule has 0 fully saturated rings. The Labute approximate surface area is 144 Å². The normalized spacial score (nSPS) is 10.2. The fraction of sp³-hybridized carbons (Fsp3) is 0.0556. The standard InChI is InChI=1S/C18H14ClN3O2/c1-12-8-9-15(11-20-12)24-17-7-3-6-16(21-17)22-18(23)13-4-2-5-14(19)10-13/h2-11H,1H3,(H,21,22,23). The number of ether oxygens (including phenoxy) is 1. The van der Waals surface area contributed by atoms with E-state index < -0.39 is 0 Å². The van der Waals surface area contributed by atoms with Gasteiger partial charge in [-0.05, 0) is 43.3 Å². The van der Waals surface area contributed by atoms with Crippen molar-refractivity contribution in [2.45, 2.75) is 6.92 Å². The van der Waals surface area contributed by atoms with Gasteiger partial charge in [0.15, 0.2) is 0 Å². The summed E-state index contributed by atoms with van der Waals surface area (Å²) < 4.78 is 5.63. The van der Waals surface area contributed by atoms with Crippen LogP contribution in [-0.4, -0.2) is 15.9 Å². The maximum Gasteiger partial charge on any atom is 0.256 e. The van der Waals surface area contributed by atoms with E-state index in [4.69, 9.17) is 16.3 Å². The van der Waals surface area contributed by atoms with Gasteiger partial charge in [-0.3, -0.25) is 9.78 Å². The van der Waals surface area contributed by atoms with Gasteiger partial charge >= 0.3 is 0 Å². The second kappa shape index (κ2) is 7.10. The van der Waals surface area contributed by atoms with E-state index in [-0.39, 0.29) is 5.91 Å². The molecule has 0 saturated heterocycles. The van der Waals surface area contributed by atoms with E-state index >= 15 is 0 Å². The number of benzene rings is 1. The lowest BCUT2D eigenvalue weighted by Gasteiger charge is -2.08. The SMILES string of the molecule is Cc1ccc(Oc2cccc(NC(=O)c3cccc(Cl)c3)n2)cn1. The fourth-order valence-corrected chi connectivity index (χ4v) is 2.19. The molecule has 0 bridgehead atoms. The van der Waals surface area contributed by atoms with Gasteiger partial charge in [0.05, 0.1) is 6.20 Å². The molecule has 0 aliphatic heterocycles. The molecule has 3 aromatic rings. The molecule has 1 aromatic carbocycles. The van der Waals surface area contributed by atoms with Gasteiger partial charge in [0.25, 0.3) is 5.91 Å². The lowest BCUT2D eigenvalue weighted by atomic mass is 10.2. The summed E-state index contributed by atoms with van der Waals surface area (Å²) in [5.74, 6) is 1.03. The first kappa shape index (κ1) is 16.0. The topological polar surface area (TPSA) is 64.1 Å². The van der Waals surface area contributed by atoms with Crippen molar-refractivity contribution in [1.82, 2.24) is 9.97 Å². The number of aromatic nitrogens is 2. The quantitative estimate of drug-likeness (QED) is 0.761. The second-order valence-electron chi connectivity index (χ2n) is 5.06. The highest BCUT2D eigenvalue weighted by molar-refractivity contribution is 6.31. The zero-order valence-electron chi connectivity index (χ0n) is 12.9. The van der Waals surface area contributed by atoms with Crippen molar-refractivity contribution < 1.29 is 9.53 Å². The fourth-order valence-electron chi connectivity index (χ4n) is 1.99. The molecule has 0 unspecified atom stereocenters. The third kappa shape index (κ3) is 4.08. The molecule has 1 N–H and O–H groups in total. The van der Waals surface area contributed by atoms with Gasteiger partial charge < -0.3 is 10.1 Å². The highest BCUT2D eigenvalue weighted by atomic mass is 35.5. The van der Waals surface area contributed by atoms with Gasteiger partial charge in [-0.2, -0.15) is 4.98 Å². The first-order valence-electron chi connectivity index (χ1n) is 7.25.